The Bertz CT molecular complexity index is 19.0. The molecule has 0 aliphatic heterocycles. The van der Waals surface area contributed by atoms with Gasteiger partial charge in [0.25, 0.3) is 0 Å². The summed E-state index contributed by atoms with van der Waals surface area (Å²) in [6.45, 7) is 2.92. The number of rotatable bonds is 0. The van der Waals surface area contributed by atoms with Gasteiger partial charge in [0.15, 0.2) is 0 Å². The Morgan fingerprint density at radius 1 is 2.00 bits per heavy atom. The zero-order valence-electron chi connectivity index (χ0n) is 4.44. The summed E-state index contributed by atoms with van der Waals surface area (Å²) in [5.41, 5.74) is 0. The van der Waals surface area contributed by atoms with Crippen molar-refractivity contribution in [3.05, 3.63) is 12.8 Å². The maximum atomic E-state index is 7.33. The second-order valence-electron chi connectivity index (χ2n) is 0.183. The van der Waals surface area contributed by atoms with E-state index in [2.05, 4.69) is 6.58 Å². The fourth-order valence-corrected chi connectivity index (χ4v) is 0. The fraction of sp³-hybridized carbons (Fsp3) is 0. The third kappa shape index (κ3) is 14.2. The Labute approximate surface area is 58.3 Å². The van der Waals surface area contributed by atoms with Crippen molar-refractivity contribution in [2.45, 2.75) is 0 Å². The van der Waals surface area contributed by atoms with Gasteiger partial charge in [-0.05, 0) is 0 Å². The smallest absolute Gasteiger partial charge is 1.00 e. The topological polar surface area (TPSA) is 20.2 Å². The molecule has 0 unspecified atom stereocenters. The minimum atomic E-state index is 0. The molecule has 0 aromatic carbocycles. The standard InChI is InChI=1S/C2H4O.Ca.2H/c1-2-3;;;/h2-3H,1H2;;;/q;+2;2*-1. The molecule has 0 bridgehead atoms. The van der Waals surface area contributed by atoms with Crippen molar-refractivity contribution < 1.29 is 7.96 Å². The number of hydrogen-bond acceptors (Lipinski definition) is 1. The Morgan fingerprint density at radius 3 is 2.00 bits per heavy atom. The minimum Gasteiger partial charge on any atom is -1.00 e. The first kappa shape index (κ1) is 8.84. The van der Waals surface area contributed by atoms with Crippen molar-refractivity contribution in [3.63, 3.8) is 0 Å². The molecule has 0 saturated heterocycles. The molecule has 0 aliphatic carbocycles. The van der Waals surface area contributed by atoms with Crippen LogP contribution in [-0.4, -0.2) is 42.8 Å². The van der Waals surface area contributed by atoms with Crippen molar-refractivity contribution in [2.75, 3.05) is 0 Å². The van der Waals surface area contributed by atoms with Gasteiger partial charge < -0.3 is 7.96 Å². The summed E-state index contributed by atoms with van der Waals surface area (Å²) in [5, 5.41) is 7.33. The maximum Gasteiger partial charge on any atom is 2.00 e. The van der Waals surface area contributed by atoms with Gasteiger partial charge in [-0.15, -0.1) is 0 Å². The van der Waals surface area contributed by atoms with Gasteiger partial charge in [0.05, 0.1) is 6.26 Å². The van der Waals surface area contributed by atoms with E-state index in [-0.39, 0.29) is 40.6 Å². The molecule has 2 heteroatoms. The summed E-state index contributed by atoms with van der Waals surface area (Å²) < 4.78 is 0. The van der Waals surface area contributed by atoms with Crippen molar-refractivity contribution in [2.24, 2.45) is 0 Å². The Balaban J connectivity index is -0.00000000667. The van der Waals surface area contributed by atoms with Crippen LogP contribution in [0, 0.1) is 0 Å². The molecule has 22 valence electrons. The first-order valence-electron chi connectivity index (χ1n) is 0.666. The molecule has 4 heavy (non-hydrogen) atoms. The van der Waals surface area contributed by atoms with Crippen LogP contribution in [0.15, 0.2) is 12.8 Å². The Kier molecular flexibility index (Phi) is 20.3. The Hall–Kier alpha value is 0.800. The molecule has 1 N–H and O–H groups in total. The predicted molar refractivity (Wildman–Crippen MR) is 20.8 cm³/mol. The van der Waals surface area contributed by atoms with Crippen LogP contribution in [0.2, 0.25) is 0 Å². The van der Waals surface area contributed by atoms with E-state index in [1.807, 2.05) is 0 Å². The maximum absolute atomic E-state index is 7.33. The first-order chi connectivity index (χ1) is 1.41. The van der Waals surface area contributed by atoms with Gasteiger partial charge >= 0.3 is 37.7 Å². The largest absolute Gasteiger partial charge is 2.00 e. The quantitative estimate of drug-likeness (QED) is 0.337. The van der Waals surface area contributed by atoms with Gasteiger partial charge in [0, 0.05) is 0 Å². The van der Waals surface area contributed by atoms with Crippen LogP contribution in [0.3, 0.4) is 0 Å². The summed E-state index contributed by atoms with van der Waals surface area (Å²) in [4.78, 5) is 0. The van der Waals surface area contributed by atoms with Crippen LogP contribution < -0.4 is 0 Å². The van der Waals surface area contributed by atoms with Crippen LogP contribution in [-0.2, 0) is 0 Å². The van der Waals surface area contributed by atoms with Gasteiger partial charge in [-0.3, -0.25) is 0 Å². The van der Waals surface area contributed by atoms with Crippen LogP contribution in [0.25, 0.3) is 0 Å². The normalized spacial score (nSPS) is 3.00. The van der Waals surface area contributed by atoms with Gasteiger partial charge in [0.2, 0.25) is 0 Å². The zero-order chi connectivity index (χ0) is 2.71. The molecule has 0 aromatic heterocycles. The molecule has 0 heterocycles. The summed E-state index contributed by atoms with van der Waals surface area (Å²) in [6, 6.07) is 0. The van der Waals surface area contributed by atoms with Crippen LogP contribution in [0.1, 0.15) is 2.85 Å². The van der Waals surface area contributed by atoms with Gasteiger partial charge in [-0.2, -0.15) is 0 Å². The molecular formula is C2H6CaO. The predicted octanol–water partition coefficient (Wildman–Crippen LogP) is 0.532. The van der Waals surface area contributed by atoms with Gasteiger partial charge in [-0.1, -0.05) is 6.58 Å². The molecule has 0 saturated carbocycles. The molecule has 0 atom stereocenters. The summed E-state index contributed by atoms with van der Waals surface area (Å²) >= 11 is 0. The van der Waals surface area contributed by atoms with Crippen molar-refractivity contribution in [1.82, 2.24) is 0 Å². The molecule has 1 nitrogen and oxygen atoms in total. The van der Waals surface area contributed by atoms with Crippen LogP contribution in [0.5, 0.6) is 0 Å². The molecule has 0 fully saturated rings. The molecule has 0 aliphatic rings. The van der Waals surface area contributed by atoms with E-state index in [4.69, 9.17) is 5.11 Å². The minimum absolute atomic E-state index is 0. The third-order valence-corrected chi connectivity index (χ3v) is 0. The number of aliphatic hydroxyl groups excluding tert-OH is 1. The molecule has 0 amide bonds. The average molecular weight is 86.1 g/mol. The molecule has 0 radical (unpaired) electrons. The second-order valence-corrected chi connectivity index (χ2v) is 0.183. The van der Waals surface area contributed by atoms with Crippen LogP contribution in [0.4, 0.5) is 0 Å². The molecule has 0 spiro atoms. The summed E-state index contributed by atoms with van der Waals surface area (Å²) in [7, 11) is 0. The van der Waals surface area contributed by atoms with E-state index in [9.17, 15) is 0 Å². The third-order valence-electron chi connectivity index (χ3n) is 0. The molecule has 0 rings (SSSR count). The monoisotopic (exact) mass is 86.0 g/mol. The van der Waals surface area contributed by atoms with Crippen LogP contribution >= 0.6 is 0 Å². The van der Waals surface area contributed by atoms with Crippen molar-refractivity contribution >= 4 is 37.7 Å². The summed E-state index contributed by atoms with van der Waals surface area (Å²) in [5.74, 6) is 0. The van der Waals surface area contributed by atoms with Gasteiger partial charge in [0.1, 0.15) is 0 Å². The number of aliphatic hydroxyl groups is 1. The first-order valence-corrected chi connectivity index (χ1v) is 0.666. The van der Waals surface area contributed by atoms with E-state index >= 15 is 0 Å². The average Bonchev–Trinajstić information content (AvgIpc) is 0.918. The fourth-order valence-electron chi connectivity index (χ4n) is 0. The van der Waals surface area contributed by atoms with Crippen molar-refractivity contribution in [1.29, 1.82) is 0 Å². The van der Waals surface area contributed by atoms with E-state index < -0.39 is 0 Å². The zero-order valence-corrected chi connectivity index (χ0v) is 4.65. The van der Waals surface area contributed by atoms with Gasteiger partial charge in [-0.25, -0.2) is 0 Å². The second kappa shape index (κ2) is 9.20. The van der Waals surface area contributed by atoms with E-state index in [1.165, 1.54) is 0 Å². The van der Waals surface area contributed by atoms with E-state index in [1.54, 1.807) is 0 Å². The van der Waals surface area contributed by atoms with E-state index in [0.717, 1.165) is 6.26 Å². The molecule has 0 aromatic rings. The number of hydrogen-bond donors (Lipinski definition) is 1. The van der Waals surface area contributed by atoms with Crippen molar-refractivity contribution in [3.8, 4) is 0 Å². The summed E-state index contributed by atoms with van der Waals surface area (Å²) in [6.07, 6.45) is 0.750. The SMILES string of the molecule is C=CO.[Ca+2].[H-].[H-]. The van der Waals surface area contributed by atoms with E-state index in [0.29, 0.717) is 0 Å². The molecular weight excluding hydrogens is 80.1 g/mol. The Morgan fingerprint density at radius 2 is 2.00 bits per heavy atom.